The Morgan fingerprint density at radius 1 is 1.37 bits per heavy atom. The van der Waals surface area contributed by atoms with Crippen LogP contribution in [0.15, 0.2) is 42.6 Å². The quantitative estimate of drug-likeness (QED) is 0.505. The maximum atomic E-state index is 12.8. The summed E-state index contributed by atoms with van der Waals surface area (Å²) in [6.45, 7) is 5.60. The smallest absolute Gasteiger partial charge is 0.293 e. The number of pyridine rings is 1. The van der Waals surface area contributed by atoms with Crippen molar-refractivity contribution < 1.29 is 9.72 Å². The third-order valence-electron chi connectivity index (χ3n) is 5.28. The molecule has 1 amide bonds. The van der Waals surface area contributed by atoms with E-state index in [4.69, 9.17) is 5.73 Å². The Kier molecular flexibility index (Phi) is 9.02. The summed E-state index contributed by atoms with van der Waals surface area (Å²) in [6, 6.07) is 9.86. The fourth-order valence-electron chi connectivity index (χ4n) is 3.42. The van der Waals surface area contributed by atoms with Gasteiger partial charge in [0.15, 0.2) is 0 Å². The van der Waals surface area contributed by atoms with E-state index >= 15 is 0 Å². The molecule has 0 saturated carbocycles. The molecule has 3 N–H and O–H groups in total. The number of hydrogen-bond donors (Lipinski definition) is 2. The van der Waals surface area contributed by atoms with Crippen LogP contribution in [0.2, 0.25) is 0 Å². The maximum Gasteiger partial charge on any atom is 0.293 e. The van der Waals surface area contributed by atoms with E-state index < -0.39 is 4.92 Å². The zero-order valence-electron chi connectivity index (χ0n) is 16.9. The normalized spacial score (nSPS) is 18.7. The minimum Gasteiger partial charge on any atom is -0.371 e. The molecule has 2 unspecified atom stereocenters. The number of nitrogens with one attached hydrogen (secondary N) is 1. The third kappa shape index (κ3) is 5.59. The summed E-state index contributed by atoms with van der Waals surface area (Å²) in [5, 5.41) is 14.7. The van der Waals surface area contributed by atoms with E-state index in [9.17, 15) is 14.9 Å². The number of nitro benzene ring substituents is 1. The van der Waals surface area contributed by atoms with Gasteiger partial charge in [0.05, 0.1) is 16.7 Å². The summed E-state index contributed by atoms with van der Waals surface area (Å²) in [4.78, 5) is 29.9. The lowest BCUT2D eigenvalue weighted by molar-refractivity contribution is -0.384. The molecule has 8 nitrogen and oxygen atoms in total. The minimum absolute atomic E-state index is 0. The van der Waals surface area contributed by atoms with Gasteiger partial charge in [0.1, 0.15) is 5.69 Å². The number of anilines is 1. The van der Waals surface area contributed by atoms with Crippen molar-refractivity contribution in [3.8, 4) is 0 Å². The fraction of sp³-hybridized carbons (Fsp3) is 0.400. The molecular formula is C20H27Cl2N5O3. The summed E-state index contributed by atoms with van der Waals surface area (Å²) in [6.07, 6.45) is 2.51. The second kappa shape index (κ2) is 10.6. The van der Waals surface area contributed by atoms with Gasteiger partial charge in [-0.15, -0.1) is 24.8 Å². The van der Waals surface area contributed by atoms with Crippen LogP contribution < -0.4 is 11.1 Å². The average molecular weight is 456 g/mol. The van der Waals surface area contributed by atoms with Gasteiger partial charge >= 0.3 is 0 Å². The number of nitro groups is 1. The van der Waals surface area contributed by atoms with Crippen LogP contribution in [0, 0.1) is 15.5 Å². The molecule has 1 aromatic carbocycles. The Labute approximate surface area is 188 Å². The van der Waals surface area contributed by atoms with Gasteiger partial charge in [-0.2, -0.15) is 0 Å². The van der Waals surface area contributed by atoms with E-state index in [1.165, 1.54) is 6.07 Å². The predicted octanol–water partition coefficient (Wildman–Crippen LogP) is 3.82. The minimum atomic E-state index is -0.474. The lowest BCUT2D eigenvalue weighted by Gasteiger charge is -2.22. The Morgan fingerprint density at radius 3 is 2.67 bits per heavy atom. The van der Waals surface area contributed by atoms with Gasteiger partial charge in [-0.1, -0.05) is 13.0 Å². The largest absolute Gasteiger partial charge is 0.371 e. The van der Waals surface area contributed by atoms with Crippen molar-refractivity contribution in [2.24, 2.45) is 11.1 Å². The first-order valence-electron chi connectivity index (χ1n) is 9.28. The number of rotatable bonds is 6. The summed E-state index contributed by atoms with van der Waals surface area (Å²) < 4.78 is 0. The fourth-order valence-corrected chi connectivity index (χ4v) is 3.42. The van der Waals surface area contributed by atoms with Crippen molar-refractivity contribution >= 4 is 42.1 Å². The van der Waals surface area contributed by atoms with Gasteiger partial charge in [-0.05, 0) is 49.6 Å². The van der Waals surface area contributed by atoms with Crippen molar-refractivity contribution in [2.45, 2.75) is 26.3 Å². The lowest BCUT2D eigenvalue weighted by atomic mass is 9.90. The molecule has 2 aromatic rings. The number of likely N-dealkylation sites (tertiary alicyclic amines) is 1. The number of aromatic nitrogens is 1. The third-order valence-corrected chi connectivity index (χ3v) is 5.28. The highest BCUT2D eigenvalue weighted by Crippen LogP contribution is 2.32. The van der Waals surface area contributed by atoms with E-state index in [2.05, 4.69) is 17.2 Å². The Hall–Kier alpha value is -2.42. The Balaban J connectivity index is 0.00000225. The van der Waals surface area contributed by atoms with Crippen LogP contribution in [0.3, 0.4) is 0 Å². The number of carbonyl (C=O) groups excluding carboxylic acids is 1. The van der Waals surface area contributed by atoms with E-state index in [0.29, 0.717) is 30.9 Å². The maximum absolute atomic E-state index is 12.8. The van der Waals surface area contributed by atoms with Gasteiger partial charge < -0.3 is 16.0 Å². The molecule has 3 rings (SSSR count). The highest BCUT2D eigenvalue weighted by Gasteiger charge is 2.35. The molecule has 10 heteroatoms. The summed E-state index contributed by atoms with van der Waals surface area (Å²) in [7, 11) is 0. The summed E-state index contributed by atoms with van der Waals surface area (Å²) in [5.41, 5.74) is 7.02. The van der Waals surface area contributed by atoms with Gasteiger partial charge in [-0.3, -0.25) is 19.9 Å². The van der Waals surface area contributed by atoms with Gasteiger partial charge in [0.25, 0.3) is 11.6 Å². The molecular weight excluding hydrogens is 429 g/mol. The molecule has 1 aliphatic rings. The van der Waals surface area contributed by atoms with Gasteiger partial charge in [0.2, 0.25) is 0 Å². The first-order chi connectivity index (χ1) is 13.3. The molecule has 1 saturated heterocycles. The van der Waals surface area contributed by atoms with Crippen molar-refractivity contribution in [3.05, 3.63) is 64.0 Å². The Bertz CT molecular complexity index is 884. The SMILES string of the molecule is CC(Nc1ccc(C(=O)N2CCC(C)(CN)C2)cc1[N+](=O)[O-])c1ccccn1.Cl.Cl. The number of amides is 1. The molecule has 1 fully saturated rings. The van der Waals surface area contributed by atoms with Crippen molar-refractivity contribution in [1.82, 2.24) is 9.88 Å². The van der Waals surface area contributed by atoms with Crippen LogP contribution in [0.1, 0.15) is 42.4 Å². The molecule has 1 aliphatic heterocycles. The van der Waals surface area contributed by atoms with Crippen molar-refractivity contribution in [3.63, 3.8) is 0 Å². The van der Waals surface area contributed by atoms with E-state index in [1.807, 2.05) is 25.1 Å². The monoisotopic (exact) mass is 455 g/mol. The van der Waals surface area contributed by atoms with Crippen LogP contribution in [0.5, 0.6) is 0 Å². The molecule has 2 heterocycles. The van der Waals surface area contributed by atoms with E-state index in [-0.39, 0.29) is 47.9 Å². The standard InChI is InChI=1S/C20H25N5O3.2ClH/c1-14(16-5-3-4-9-22-16)23-17-7-6-15(11-18(17)25(27)28)19(26)24-10-8-20(2,12-21)13-24;;/h3-7,9,11,14,23H,8,10,12-13,21H2,1-2H3;2*1H. The number of halogens is 2. The zero-order valence-corrected chi connectivity index (χ0v) is 18.5. The number of nitrogens with zero attached hydrogens (tertiary/aromatic N) is 3. The molecule has 164 valence electrons. The number of hydrogen-bond acceptors (Lipinski definition) is 6. The van der Waals surface area contributed by atoms with Crippen molar-refractivity contribution in [2.75, 3.05) is 25.0 Å². The second-order valence-electron chi connectivity index (χ2n) is 7.60. The van der Waals surface area contributed by atoms with Crippen LogP contribution in [0.25, 0.3) is 0 Å². The second-order valence-corrected chi connectivity index (χ2v) is 7.60. The van der Waals surface area contributed by atoms with Crippen LogP contribution in [0.4, 0.5) is 11.4 Å². The number of carbonyl (C=O) groups is 1. The average Bonchev–Trinajstić information content (AvgIpc) is 3.11. The predicted molar refractivity (Wildman–Crippen MR) is 122 cm³/mol. The van der Waals surface area contributed by atoms with Gasteiger partial charge in [0, 0.05) is 30.9 Å². The molecule has 0 aliphatic carbocycles. The van der Waals surface area contributed by atoms with E-state index in [0.717, 1.165) is 12.1 Å². The van der Waals surface area contributed by atoms with Gasteiger partial charge in [-0.25, -0.2) is 0 Å². The first kappa shape index (κ1) is 25.6. The van der Waals surface area contributed by atoms with E-state index in [1.54, 1.807) is 23.2 Å². The van der Waals surface area contributed by atoms with Crippen molar-refractivity contribution in [1.29, 1.82) is 0 Å². The molecule has 2 atom stereocenters. The molecule has 30 heavy (non-hydrogen) atoms. The first-order valence-corrected chi connectivity index (χ1v) is 9.28. The zero-order chi connectivity index (χ0) is 20.3. The van der Waals surface area contributed by atoms with Crippen LogP contribution in [-0.4, -0.2) is 40.3 Å². The molecule has 0 radical (unpaired) electrons. The summed E-state index contributed by atoms with van der Waals surface area (Å²) >= 11 is 0. The highest BCUT2D eigenvalue weighted by molar-refractivity contribution is 5.96. The molecule has 0 spiro atoms. The summed E-state index contributed by atoms with van der Waals surface area (Å²) in [5.74, 6) is -0.204. The number of benzene rings is 1. The molecule has 1 aromatic heterocycles. The highest BCUT2D eigenvalue weighted by atomic mass is 35.5. The van der Waals surface area contributed by atoms with Crippen LogP contribution in [-0.2, 0) is 0 Å². The molecule has 0 bridgehead atoms. The topological polar surface area (TPSA) is 114 Å². The van der Waals surface area contributed by atoms with Crippen LogP contribution >= 0.6 is 24.8 Å². The lowest BCUT2D eigenvalue weighted by Crippen LogP contribution is -2.34. The Morgan fingerprint density at radius 2 is 2.10 bits per heavy atom. The number of nitrogens with two attached hydrogens (primary N) is 1.